The van der Waals surface area contributed by atoms with E-state index in [4.69, 9.17) is 9.84 Å². The summed E-state index contributed by atoms with van der Waals surface area (Å²) >= 11 is 0. The molecule has 110 valence electrons. The van der Waals surface area contributed by atoms with E-state index in [9.17, 15) is 4.79 Å². The van der Waals surface area contributed by atoms with Crippen LogP contribution in [0, 0.1) is 0 Å². The average Bonchev–Trinajstić information content (AvgIpc) is 2.42. The maximum Gasteiger partial charge on any atom is 0.356 e. The Hall–Kier alpha value is -1.46. The van der Waals surface area contributed by atoms with Crippen molar-refractivity contribution in [3.05, 3.63) is 29.6 Å². The molecule has 5 nitrogen and oxygen atoms in total. The number of aliphatic hydroxyl groups is 1. The quantitative estimate of drug-likeness (QED) is 0.768. The Morgan fingerprint density at radius 3 is 2.90 bits per heavy atom. The normalized spacial score (nSPS) is 15.2. The number of aromatic nitrogens is 1. The minimum absolute atomic E-state index is 0.207. The molecule has 1 aromatic heterocycles. The van der Waals surface area contributed by atoms with E-state index in [1.54, 1.807) is 6.07 Å². The van der Waals surface area contributed by atoms with E-state index >= 15 is 0 Å². The van der Waals surface area contributed by atoms with Gasteiger partial charge in [0.05, 0.1) is 12.8 Å². The number of hydrogen-bond donors (Lipinski definition) is 1. The highest BCUT2D eigenvalue weighted by Crippen LogP contribution is 2.26. The maximum absolute atomic E-state index is 11.5. The number of hydrogen-bond acceptors (Lipinski definition) is 5. The summed E-state index contributed by atoms with van der Waals surface area (Å²) in [6, 6.07) is 6.01. The standard InChI is InChI=1S/C15H22N2O3/c1-20-15(19)14-8-2-5-12(16-14)11-17(9-4-10-18)13-6-3-7-13/h2,5,8,13,18H,3-4,6-7,9-11H2,1H3. The molecule has 0 aliphatic heterocycles. The Labute approximate surface area is 119 Å². The number of rotatable bonds is 7. The number of nitrogens with zero attached hydrogens (tertiary/aromatic N) is 2. The number of aliphatic hydroxyl groups excluding tert-OH is 1. The molecule has 0 saturated heterocycles. The first kappa shape index (κ1) is 14.9. The lowest BCUT2D eigenvalue weighted by molar-refractivity contribution is 0.0593. The van der Waals surface area contributed by atoms with Crippen LogP contribution in [-0.2, 0) is 11.3 Å². The third-order valence-corrected chi connectivity index (χ3v) is 3.76. The number of carbonyl (C=O) groups excluding carboxylic acids is 1. The van der Waals surface area contributed by atoms with Crippen LogP contribution in [0.2, 0.25) is 0 Å². The summed E-state index contributed by atoms with van der Waals surface area (Å²) in [6.07, 6.45) is 4.47. The van der Waals surface area contributed by atoms with Crippen molar-refractivity contribution in [1.29, 1.82) is 0 Å². The fourth-order valence-corrected chi connectivity index (χ4v) is 2.41. The highest BCUT2D eigenvalue weighted by Gasteiger charge is 2.25. The number of methoxy groups -OCH3 is 1. The molecular weight excluding hydrogens is 256 g/mol. The van der Waals surface area contributed by atoms with Crippen LogP contribution in [0.15, 0.2) is 18.2 Å². The lowest BCUT2D eigenvalue weighted by Gasteiger charge is -2.37. The zero-order valence-electron chi connectivity index (χ0n) is 11.9. The lowest BCUT2D eigenvalue weighted by atomic mass is 9.91. The summed E-state index contributed by atoms with van der Waals surface area (Å²) in [7, 11) is 1.36. The van der Waals surface area contributed by atoms with E-state index < -0.39 is 5.97 Å². The molecule has 5 heteroatoms. The molecule has 0 atom stereocenters. The van der Waals surface area contributed by atoms with Gasteiger partial charge < -0.3 is 9.84 Å². The van der Waals surface area contributed by atoms with Gasteiger partial charge in [-0.15, -0.1) is 0 Å². The van der Waals surface area contributed by atoms with E-state index in [1.807, 2.05) is 12.1 Å². The van der Waals surface area contributed by atoms with Crippen molar-refractivity contribution in [2.24, 2.45) is 0 Å². The molecule has 1 aliphatic rings. The van der Waals surface area contributed by atoms with E-state index in [1.165, 1.54) is 26.4 Å². The molecule has 0 bridgehead atoms. The second-order valence-electron chi connectivity index (χ2n) is 5.14. The van der Waals surface area contributed by atoms with Crippen molar-refractivity contribution in [2.45, 2.75) is 38.3 Å². The molecule has 1 saturated carbocycles. The Morgan fingerprint density at radius 2 is 2.30 bits per heavy atom. The molecule has 0 spiro atoms. The Bertz CT molecular complexity index is 446. The largest absolute Gasteiger partial charge is 0.464 e. The van der Waals surface area contributed by atoms with Crippen molar-refractivity contribution < 1.29 is 14.6 Å². The van der Waals surface area contributed by atoms with Crippen molar-refractivity contribution in [3.63, 3.8) is 0 Å². The van der Waals surface area contributed by atoms with E-state index in [2.05, 4.69) is 9.88 Å². The molecule has 1 heterocycles. The fraction of sp³-hybridized carbons (Fsp3) is 0.600. The fourth-order valence-electron chi connectivity index (χ4n) is 2.41. The first-order chi connectivity index (χ1) is 9.74. The van der Waals surface area contributed by atoms with Crippen molar-refractivity contribution in [3.8, 4) is 0 Å². The molecular formula is C15H22N2O3. The van der Waals surface area contributed by atoms with Gasteiger partial charge in [-0.3, -0.25) is 4.90 Å². The maximum atomic E-state index is 11.5. The molecule has 1 aromatic rings. The first-order valence-corrected chi connectivity index (χ1v) is 7.13. The molecule has 0 unspecified atom stereocenters. The first-order valence-electron chi connectivity index (χ1n) is 7.13. The summed E-state index contributed by atoms with van der Waals surface area (Å²) in [5, 5.41) is 9.00. The second kappa shape index (κ2) is 7.36. The molecule has 1 fully saturated rings. The van der Waals surface area contributed by atoms with Crippen LogP contribution in [0.4, 0.5) is 0 Å². The van der Waals surface area contributed by atoms with E-state index in [0.29, 0.717) is 11.7 Å². The molecule has 0 radical (unpaired) electrons. The van der Waals surface area contributed by atoms with Crippen molar-refractivity contribution >= 4 is 5.97 Å². The van der Waals surface area contributed by atoms with Gasteiger partial charge in [0.15, 0.2) is 0 Å². The lowest BCUT2D eigenvalue weighted by Crippen LogP contribution is -2.40. The SMILES string of the molecule is COC(=O)c1cccc(CN(CCCO)C2CCC2)n1. The molecule has 2 rings (SSSR count). The Morgan fingerprint density at radius 1 is 1.50 bits per heavy atom. The summed E-state index contributed by atoms with van der Waals surface area (Å²) < 4.78 is 4.69. The van der Waals surface area contributed by atoms with E-state index in [0.717, 1.165) is 25.2 Å². The summed E-state index contributed by atoms with van der Waals surface area (Å²) in [5.74, 6) is -0.405. The molecule has 0 amide bonds. The van der Waals surface area contributed by atoms with Gasteiger partial charge >= 0.3 is 5.97 Å². The highest BCUT2D eigenvalue weighted by atomic mass is 16.5. The number of esters is 1. The van der Waals surface area contributed by atoms with Crippen LogP contribution in [-0.4, -0.2) is 47.3 Å². The van der Waals surface area contributed by atoms with Gasteiger partial charge in [0.25, 0.3) is 0 Å². The topological polar surface area (TPSA) is 62.7 Å². The average molecular weight is 278 g/mol. The molecule has 1 aliphatic carbocycles. The zero-order valence-corrected chi connectivity index (χ0v) is 11.9. The smallest absolute Gasteiger partial charge is 0.356 e. The van der Waals surface area contributed by atoms with Crippen molar-refractivity contribution in [1.82, 2.24) is 9.88 Å². The minimum Gasteiger partial charge on any atom is -0.464 e. The Balaban J connectivity index is 2.03. The van der Waals surface area contributed by atoms with Crippen LogP contribution in [0.3, 0.4) is 0 Å². The van der Waals surface area contributed by atoms with Gasteiger partial charge in [-0.05, 0) is 31.4 Å². The number of ether oxygens (including phenoxy) is 1. The van der Waals surface area contributed by atoms with Gasteiger partial charge in [-0.1, -0.05) is 12.5 Å². The van der Waals surface area contributed by atoms with Gasteiger partial charge in [0.1, 0.15) is 5.69 Å². The van der Waals surface area contributed by atoms with Crippen LogP contribution in [0.1, 0.15) is 41.9 Å². The molecule has 1 N–H and O–H groups in total. The number of pyridine rings is 1. The third-order valence-electron chi connectivity index (χ3n) is 3.76. The van der Waals surface area contributed by atoms with Crippen LogP contribution in [0.5, 0.6) is 0 Å². The van der Waals surface area contributed by atoms with Gasteiger partial charge in [0.2, 0.25) is 0 Å². The summed E-state index contributed by atoms with van der Waals surface area (Å²) in [5.41, 5.74) is 1.22. The number of carbonyl (C=O) groups is 1. The van der Waals surface area contributed by atoms with Gasteiger partial charge in [-0.2, -0.15) is 0 Å². The second-order valence-corrected chi connectivity index (χ2v) is 5.14. The zero-order chi connectivity index (χ0) is 14.4. The monoisotopic (exact) mass is 278 g/mol. The molecule has 0 aromatic carbocycles. The molecule has 20 heavy (non-hydrogen) atoms. The van der Waals surface area contributed by atoms with Crippen LogP contribution in [0.25, 0.3) is 0 Å². The van der Waals surface area contributed by atoms with Gasteiger partial charge in [-0.25, -0.2) is 9.78 Å². The summed E-state index contributed by atoms with van der Waals surface area (Å²) in [4.78, 5) is 18.2. The third kappa shape index (κ3) is 3.77. The van der Waals surface area contributed by atoms with Crippen molar-refractivity contribution in [2.75, 3.05) is 20.3 Å². The van der Waals surface area contributed by atoms with E-state index in [-0.39, 0.29) is 6.61 Å². The predicted molar refractivity (Wildman–Crippen MR) is 75.3 cm³/mol. The summed E-state index contributed by atoms with van der Waals surface area (Å²) in [6.45, 7) is 1.79. The predicted octanol–water partition coefficient (Wildman–Crippen LogP) is 1.61. The van der Waals surface area contributed by atoms with Crippen LogP contribution >= 0.6 is 0 Å². The minimum atomic E-state index is -0.405. The van der Waals surface area contributed by atoms with Crippen LogP contribution < -0.4 is 0 Å². The van der Waals surface area contributed by atoms with Gasteiger partial charge in [0, 0.05) is 25.7 Å². The Kier molecular flexibility index (Phi) is 5.49. The highest BCUT2D eigenvalue weighted by molar-refractivity contribution is 5.87.